The minimum atomic E-state index is -0.265. The Kier molecular flexibility index (Phi) is 5.07. The highest BCUT2D eigenvalue weighted by Gasteiger charge is 2.25. The lowest BCUT2D eigenvalue weighted by Gasteiger charge is -2.40. The van der Waals surface area contributed by atoms with Crippen LogP contribution in [0.1, 0.15) is 25.1 Å². The third-order valence-electron chi connectivity index (χ3n) is 4.00. The lowest BCUT2D eigenvalue weighted by atomic mass is 10.1. The van der Waals surface area contributed by atoms with Crippen molar-refractivity contribution >= 4 is 11.6 Å². The van der Waals surface area contributed by atoms with Crippen LogP contribution in [0, 0.1) is 6.92 Å². The molecular weight excluding hydrogens is 276 g/mol. The zero-order valence-electron chi connectivity index (χ0n) is 12.8. The van der Waals surface area contributed by atoms with Gasteiger partial charge in [-0.15, -0.1) is 0 Å². The molecule has 1 aromatic rings. The standard InChI is InChI=1S/C14H25ClN4O/c1-10-7-18(5-6-19(10)8-11(2)20)9-13-12(3)16-17(4)14(13)15/h10-11,20H,5-9H2,1-4H3. The van der Waals surface area contributed by atoms with Crippen LogP contribution in [0.2, 0.25) is 5.15 Å². The largest absolute Gasteiger partial charge is 0.392 e. The van der Waals surface area contributed by atoms with Crippen LogP contribution in [-0.4, -0.2) is 63.0 Å². The molecule has 1 aliphatic heterocycles. The summed E-state index contributed by atoms with van der Waals surface area (Å²) in [5.74, 6) is 0. The van der Waals surface area contributed by atoms with Gasteiger partial charge in [0.2, 0.25) is 0 Å². The Bertz CT molecular complexity index is 460. The molecule has 0 bridgehead atoms. The maximum absolute atomic E-state index is 9.52. The van der Waals surface area contributed by atoms with Gasteiger partial charge in [-0.25, -0.2) is 0 Å². The number of aromatic nitrogens is 2. The van der Waals surface area contributed by atoms with E-state index in [0.29, 0.717) is 6.04 Å². The van der Waals surface area contributed by atoms with Crippen molar-refractivity contribution in [2.45, 2.75) is 39.5 Å². The van der Waals surface area contributed by atoms with Gasteiger partial charge < -0.3 is 5.11 Å². The molecule has 20 heavy (non-hydrogen) atoms. The first-order valence-corrected chi connectivity index (χ1v) is 7.58. The third-order valence-corrected chi connectivity index (χ3v) is 4.47. The SMILES string of the molecule is Cc1nn(C)c(Cl)c1CN1CCN(CC(C)O)C(C)C1. The van der Waals surface area contributed by atoms with Gasteiger partial charge in [0, 0.05) is 51.4 Å². The summed E-state index contributed by atoms with van der Waals surface area (Å²) in [6.45, 7) is 10.7. The Morgan fingerprint density at radius 3 is 2.65 bits per heavy atom. The van der Waals surface area contributed by atoms with Gasteiger partial charge in [-0.3, -0.25) is 14.5 Å². The van der Waals surface area contributed by atoms with E-state index in [2.05, 4.69) is 21.8 Å². The summed E-state index contributed by atoms with van der Waals surface area (Å²) in [7, 11) is 1.88. The van der Waals surface area contributed by atoms with E-state index in [1.54, 1.807) is 4.68 Å². The maximum Gasteiger partial charge on any atom is 0.131 e. The van der Waals surface area contributed by atoms with Crippen molar-refractivity contribution in [2.75, 3.05) is 26.2 Å². The molecule has 0 aliphatic carbocycles. The average molecular weight is 301 g/mol. The molecule has 0 radical (unpaired) electrons. The van der Waals surface area contributed by atoms with E-state index < -0.39 is 0 Å². The number of halogens is 1. The lowest BCUT2D eigenvalue weighted by molar-refractivity contribution is 0.0422. The molecule has 1 aliphatic rings. The molecule has 0 amide bonds. The molecular formula is C14H25ClN4O. The minimum Gasteiger partial charge on any atom is -0.392 e. The van der Waals surface area contributed by atoms with E-state index >= 15 is 0 Å². The molecule has 114 valence electrons. The Labute approximate surface area is 126 Å². The first-order chi connectivity index (χ1) is 9.38. The number of aliphatic hydroxyl groups excluding tert-OH is 1. The second-order valence-corrected chi connectivity index (χ2v) is 6.26. The van der Waals surface area contributed by atoms with Gasteiger partial charge in [-0.1, -0.05) is 11.6 Å². The number of nitrogens with zero attached hydrogens (tertiary/aromatic N) is 4. The van der Waals surface area contributed by atoms with Crippen LogP contribution in [-0.2, 0) is 13.6 Å². The maximum atomic E-state index is 9.52. The topological polar surface area (TPSA) is 44.5 Å². The van der Waals surface area contributed by atoms with Crippen molar-refractivity contribution in [1.29, 1.82) is 0 Å². The Balaban J connectivity index is 1.96. The second kappa shape index (κ2) is 6.43. The van der Waals surface area contributed by atoms with Crippen LogP contribution >= 0.6 is 11.6 Å². The second-order valence-electron chi connectivity index (χ2n) is 5.91. The van der Waals surface area contributed by atoms with Gasteiger partial charge in [0.1, 0.15) is 5.15 Å². The number of rotatable bonds is 4. The average Bonchev–Trinajstić information content (AvgIpc) is 2.59. The molecule has 1 saturated heterocycles. The lowest BCUT2D eigenvalue weighted by Crippen LogP contribution is -2.53. The summed E-state index contributed by atoms with van der Waals surface area (Å²) in [6, 6.07) is 0.453. The Morgan fingerprint density at radius 1 is 1.45 bits per heavy atom. The monoisotopic (exact) mass is 300 g/mol. The number of aryl methyl sites for hydroxylation is 2. The highest BCUT2D eigenvalue weighted by Crippen LogP contribution is 2.22. The molecule has 2 heterocycles. The quantitative estimate of drug-likeness (QED) is 0.909. The predicted molar refractivity (Wildman–Crippen MR) is 80.9 cm³/mol. The van der Waals surface area contributed by atoms with Crippen molar-refractivity contribution < 1.29 is 5.11 Å². The van der Waals surface area contributed by atoms with Crippen molar-refractivity contribution in [3.63, 3.8) is 0 Å². The van der Waals surface area contributed by atoms with Gasteiger partial charge in [0.05, 0.1) is 11.8 Å². The molecule has 2 rings (SSSR count). The number of piperazine rings is 1. The minimum absolute atomic E-state index is 0.265. The van der Waals surface area contributed by atoms with Crippen LogP contribution in [0.25, 0.3) is 0 Å². The summed E-state index contributed by atoms with van der Waals surface area (Å²) in [6.07, 6.45) is -0.265. The summed E-state index contributed by atoms with van der Waals surface area (Å²) >= 11 is 6.30. The van der Waals surface area contributed by atoms with Crippen molar-refractivity contribution in [2.24, 2.45) is 7.05 Å². The van der Waals surface area contributed by atoms with Crippen LogP contribution in [0.5, 0.6) is 0 Å². The molecule has 1 aromatic heterocycles. The molecule has 6 heteroatoms. The Hall–Kier alpha value is -0.620. The fourth-order valence-electron chi connectivity index (χ4n) is 2.90. The van der Waals surface area contributed by atoms with Crippen LogP contribution in [0.15, 0.2) is 0 Å². The zero-order chi connectivity index (χ0) is 14.9. The van der Waals surface area contributed by atoms with Gasteiger partial charge in [-0.2, -0.15) is 5.10 Å². The van der Waals surface area contributed by atoms with Gasteiger partial charge in [0.15, 0.2) is 0 Å². The van der Waals surface area contributed by atoms with Gasteiger partial charge >= 0.3 is 0 Å². The Morgan fingerprint density at radius 2 is 2.15 bits per heavy atom. The predicted octanol–water partition coefficient (Wildman–Crippen LogP) is 1.27. The van der Waals surface area contributed by atoms with Crippen molar-refractivity contribution in [1.82, 2.24) is 19.6 Å². The third kappa shape index (κ3) is 3.52. The molecule has 1 fully saturated rings. The van der Waals surface area contributed by atoms with E-state index in [4.69, 9.17) is 11.6 Å². The molecule has 2 atom stereocenters. The van der Waals surface area contributed by atoms with Gasteiger partial charge in [-0.05, 0) is 20.8 Å². The van der Waals surface area contributed by atoms with E-state index in [9.17, 15) is 5.11 Å². The van der Waals surface area contributed by atoms with E-state index in [1.807, 2.05) is 20.9 Å². The molecule has 0 aromatic carbocycles. The summed E-state index contributed by atoms with van der Waals surface area (Å²) in [5, 5.41) is 14.6. The first kappa shape index (κ1) is 15.8. The van der Waals surface area contributed by atoms with E-state index in [1.165, 1.54) is 0 Å². The summed E-state index contributed by atoms with van der Waals surface area (Å²) in [5.41, 5.74) is 2.14. The first-order valence-electron chi connectivity index (χ1n) is 7.21. The fourth-order valence-corrected chi connectivity index (χ4v) is 3.14. The van der Waals surface area contributed by atoms with Crippen LogP contribution < -0.4 is 0 Å². The summed E-state index contributed by atoms with van der Waals surface area (Å²) in [4.78, 5) is 4.76. The number of β-amino-alcohol motifs (C(OH)–C–C–N with tert-alkyl or cyclic N) is 1. The fraction of sp³-hybridized carbons (Fsp3) is 0.786. The zero-order valence-corrected chi connectivity index (χ0v) is 13.6. The van der Waals surface area contributed by atoms with E-state index in [0.717, 1.165) is 49.1 Å². The van der Waals surface area contributed by atoms with Crippen molar-refractivity contribution in [3.8, 4) is 0 Å². The van der Waals surface area contributed by atoms with Crippen LogP contribution in [0.4, 0.5) is 0 Å². The van der Waals surface area contributed by atoms with Crippen LogP contribution in [0.3, 0.4) is 0 Å². The molecule has 0 spiro atoms. The smallest absolute Gasteiger partial charge is 0.131 e. The molecule has 1 N–H and O–H groups in total. The summed E-state index contributed by atoms with van der Waals surface area (Å²) < 4.78 is 1.74. The number of aliphatic hydroxyl groups is 1. The molecule has 5 nitrogen and oxygen atoms in total. The molecule has 0 saturated carbocycles. The number of hydrogen-bond donors (Lipinski definition) is 1. The van der Waals surface area contributed by atoms with Crippen molar-refractivity contribution in [3.05, 3.63) is 16.4 Å². The normalized spacial score (nSPS) is 23.2. The van der Waals surface area contributed by atoms with Gasteiger partial charge in [0.25, 0.3) is 0 Å². The number of hydrogen-bond acceptors (Lipinski definition) is 4. The highest BCUT2D eigenvalue weighted by molar-refractivity contribution is 6.30. The van der Waals surface area contributed by atoms with E-state index in [-0.39, 0.29) is 6.10 Å². The molecule has 2 unspecified atom stereocenters. The highest BCUT2D eigenvalue weighted by atomic mass is 35.5.